The smallest absolute Gasteiger partial charge is 0.368 e. The molecule has 2 aliphatic rings. The van der Waals surface area contributed by atoms with Crippen molar-refractivity contribution in [1.29, 1.82) is 0 Å². The molecule has 0 aromatic heterocycles. The van der Waals surface area contributed by atoms with Gasteiger partial charge in [-0.15, -0.1) is 11.8 Å². The summed E-state index contributed by atoms with van der Waals surface area (Å²) in [6.07, 6.45) is -4.43. The lowest BCUT2D eigenvalue weighted by Crippen LogP contribution is -2.52. The zero-order valence-corrected chi connectivity index (χ0v) is 16.9. The number of benzene rings is 2. The number of hydrogen-bond acceptors (Lipinski definition) is 4. The number of hydrogen-bond donors (Lipinski definition) is 2. The van der Waals surface area contributed by atoms with E-state index in [1.54, 1.807) is 0 Å². The van der Waals surface area contributed by atoms with E-state index in [0.29, 0.717) is 11.3 Å². The van der Waals surface area contributed by atoms with Crippen LogP contribution >= 0.6 is 11.8 Å². The van der Waals surface area contributed by atoms with Gasteiger partial charge in [-0.05, 0) is 29.3 Å². The van der Waals surface area contributed by atoms with E-state index in [1.165, 1.54) is 11.0 Å². The molecule has 3 amide bonds. The predicted octanol–water partition coefficient (Wildman–Crippen LogP) is 2.95. The fraction of sp³-hybridized carbons (Fsp3) is 0.286. The van der Waals surface area contributed by atoms with E-state index in [-0.39, 0.29) is 18.7 Å². The van der Waals surface area contributed by atoms with Gasteiger partial charge in [-0.1, -0.05) is 24.3 Å². The van der Waals surface area contributed by atoms with Gasteiger partial charge in [0, 0.05) is 24.3 Å². The molecule has 0 aliphatic carbocycles. The lowest BCUT2D eigenvalue weighted by Gasteiger charge is -2.36. The Kier molecular flexibility index (Phi) is 5.42. The maximum atomic E-state index is 13.0. The van der Waals surface area contributed by atoms with Crippen LogP contribution < -0.4 is 11.1 Å². The lowest BCUT2D eigenvalue weighted by atomic mass is 9.93. The molecule has 0 fully saturated rings. The van der Waals surface area contributed by atoms with Gasteiger partial charge in [-0.3, -0.25) is 14.4 Å². The summed E-state index contributed by atoms with van der Waals surface area (Å²) in [6.45, 7) is 0.202. The van der Waals surface area contributed by atoms with Crippen molar-refractivity contribution in [2.24, 2.45) is 5.73 Å². The Labute approximate surface area is 180 Å². The van der Waals surface area contributed by atoms with E-state index in [2.05, 4.69) is 5.32 Å². The molecule has 0 saturated heterocycles. The average Bonchev–Trinajstić information content (AvgIpc) is 2.72. The van der Waals surface area contributed by atoms with E-state index >= 15 is 0 Å². The van der Waals surface area contributed by atoms with E-state index in [0.717, 1.165) is 35.0 Å². The minimum atomic E-state index is -4.52. The number of carbonyl (C=O) groups excluding carboxylic acids is 3. The van der Waals surface area contributed by atoms with E-state index in [4.69, 9.17) is 5.73 Å². The molecule has 6 nitrogen and oxygen atoms in total. The zero-order valence-electron chi connectivity index (χ0n) is 16.1. The Morgan fingerprint density at radius 2 is 1.87 bits per heavy atom. The maximum Gasteiger partial charge on any atom is 0.416 e. The van der Waals surface area contributed by atoms with E-state index in [1.807, 2.05) is 24.3 Å². The predicted molar refractivity (Wildman–Crippen MR) is 108 cm³/mol. The Bertz CT molecular complexity index is 1070. The summed E-state index contributed by atoms with van der Waals surface area (Å²) in [5.41, 5.74) is 6.56. The van der Waals surface area contributed by atoms with Gasteiger partial charge < -0.3 is 16.0 Å². The summed E-state index contributed by atoms with van der Waals surface area (Å²) in [5.74, 6) is -1.60. The molecule has 3 N–H and O–H groups in total. The fourth-order valence-corrected chi connectivity index (χ4v) is 4.86. The van der Waals surface area contributed by atoms with Gasteiger partial charge in [0.25, 0.3) is 0 Å². The Morgan fingerprint density at radius 3 is 2.55 bits per heavy atom. The van der Waals surface area contributed by atoms with Crippen LogP contribution in [0.25, 0.3) is 0 Å². The van der Waals surface area contributed by atoms with Gasteiger partial charge >= 0.3 is 6.18 Å². The van der Waals surface area contributed by atoms with Crippen LogP contribution in [0.2, 0.25) is 0 Å². The first-order valence-electron chi connectivity index (χ1n) is 9.48. The number of thioether (sulfide) groups is 1. The van der Waals surface area contributed by atoms with Crippen molar-refractivity contribution >= 4 is 35.2 Å². The van der Waals surface area contributed by atoms with Gasteiger partial charge in [-0.25, -0.2) is 0 Å². The van der Waals surface area contributed by atoms with Gasteiger partial charge in [0.2, 0.25) is 17.7 Å². The average molecular weight is 449 g/mol. The maximum absolute atomic E-state index is 13.0. The first-order valence-corrected chi connectivity index (χ1v) is 10.4. The van der Waals surface area contributed by atoms with Crippen molar-refractivity contribution in [2.75, 3.05) is 5.32 Å². The van der Waals surface area contributed by atoms with E-state index < -0.39 is 40.8 Å². The number of rotatable bonds is 3. The third kappa shape index (κ3) is 4.25. The summed E-state index contributed by atoms with van der Waals surface area (Å²) in [6, 6.07) is 9.70. The molecule has 31 heavy (non-hydrogen) atoms. The number of amides is 3. The third-order valence-corrected chi connectivity index (χ3v) is 6.66. The fourth-order valence-electron chi connectivity index (χ4n) is 3.78. The molecule has 2 aliphatic heterocycles. The normalized spacial score (nSPS) is 20.5. The Balaban J connectivity index is 1.52. The number of carbonyl (C=O) groups is 3. The lowest BCUT2D eigenvalue weighted by molar-refractivity contribution is -0.141. The summed E-state index contributed by atoms with van der Waals surface area (Å²) in [5, 5.41) is 1.63. The van der Waals surface area contributed by atoms with Gasteiger partial charge in [0.1, 0.15) is 6.04 Å². The summed E-state index contributed by atoms with van der Waals surface area (Å²) in [4.78, 5) is 39.3. The van der Waals surface area contributed by atoms with Gasteiger partial charge in [-0.2, -0.15) is 13.2 Å². The van der Waals surface area contributed by atoms with Gasteiger partial charge in [0.15, 0.2) is 0 Å². The second-order valence-corrected chi connectivity index (χ2v) is 8.67. The molecule has 2 heterocycles. The quantitative estimate of drug-likeness (QED) is 0.754. The van der Waals surface area contributed by atoms with Crippen LogP contribution in [0, 0.1) is 0 Å². The number of nitrogens with one attached hydrogen (secondary N) is 1. The van der Waals surface area contributed by atoms with Crippen LogP contribution in [0.4, 0.5) is 18.9 Å². The minimum absolute atomic E-state index is 0.0652. The van der Waals surface area contributed by atoms with Crippen LogP contribution in [0.5, 0.6) is 0 Å². The highest BCUT2D eigenvalue weighted by molar-refractivity contribution is 8.01. The molecule has 0 bridgehead atoms. The standard InChI is InChI=1S/C21H18F3N3O3S/c22-21(23,24)13-5-6-16-14(8-13)26-20(30)17(31-16)9-18(28)27-10-12-4-2-1-3-11(12)7-15(27)19(25)29/h1-6,8,15,17H,7,9-10H2,(H2,25,29)(H,26,30). The van der Waals surface area contributed by atoms with Crippen molar-refractivity contribution in [3.63, 3.8) is 0 Å². The summed E-state index contributed by atoms with van der Waals surface area (Å²) < 4.78 is 38.7. The highest BCUT2D eigenvalue weighted by Gasteiger charge is 2.38. The number of nitrogens with two attached hydrogens (primary N) is 1. The molecule has 0 spiro atoms. The van der Waals surface area contributed by atoms with Crippen molar-refractivity contribution in [2.45, 2.75) is 41.7 Å². The summed E-state index contributed by atoms with van der Waals surface area (Å²) >= 11 is 1.03. The van der Waals surface area contributed by atoms with Crippen molar-refractivity contribution in [1.82, 2.24) is 4.90 Å². The number of anilines is 1. The second-order valence-electron chi connectivity index (χ2n) is 7.42. The molecule has 2 atom stereocenters. The molecule has 10 heteroatoms. The number of nitrogens with zero attached hydrogens (tertiary/aromatic N) is 1. The Hall–Kier alpha value is -3.01. The van der Waals surface area contributed by atoms with Crippen LogP contribution in [-0.2, 0) is 33.5 Å². The monoisotopic (exact) mass is 449 g/mol. The minimum Gasteiger partial charge on any atom is -0.368 e. The number of fused-ring (bicyclic) bond motifs is 2. The molecule has 2 aromatic carbocycles. The first kappa shape index (κ1) is 21.2. The zero-order chi connectivity index (χ0) is 22.3. The molecule has 2 aromatic rings. The molecular weight excluding hydrogens is 431 g/mol. The molecule has 162 valence electrons. The second kappa shape index (κ2) is 7.92. The van der Waals surface area contributed by atoms with Crippen LogP contribution in [0.15, 0.2) is 47.4 Å². The molecular formula is C21H18F3N3O3S. The molecule has 4 rings (SSSR count). The molecule has 0 saturated carbocycles. The Morgan fingerprint density at radius 1 is 1.16 bits per heavy atom. The topological polar surface area (TPSA) is 92.5 Å². The van der Waals surface area contributed by atoms with E-state index in [9.17, 15) is 27.6 Å². The van der Waals surface area contributed by atoms with Crippen molar-refractivity contribution < 1.29 is 27.6 Å². The van der Waals surface area contributed by atoms with Crippen molar-refractivity contribution in [3.05, 3.63) is 59.2 Å². The highest BCUT2D eigenvalue weighted by Crippen LogP contribution is 2.41. The van der Waals surface area contributed by atoms with Crippen LogP contribution in [0.1, 0.15) is 23.1 Å². The number of alkyl halides is 3. The number of primary amides is 1. The highest BCUT2D eigenvalue weighted by atomic mass is 32.2. The van der Waals surface area contributed by atoms with Gasteiger partial charge in [0.05, 0.1) is 16.5 Å². The third-order valence-electron chi connectivity index (χ3n) is 5.38. The van der Waals surface area contributed by atoms with Crippen LogP contribution in [0.3, 0.4) is 0 Å². The first-order chi connectivity index (χ1) is 14.6. The number of halogens is 3. The van der Waals surface area contributed by atoms with Crippen LogP contribution in [-0.4, -0.2) is 33.9 Å². The summed E-state index contributed by atoms with van der Waals surface area (Å²) in [7, 11) is 0. The molecule has 2 unspecified atom stereocenters. The largest absolute Gasteiger partial charge is 0.416 e. The van der Waals surface area contributed by atoms with Crippen molar-refractivity contribution in [3.8, 4) is 0 Å². The molecule has 0 radical (unpaired) electrons. The SMILES string of the molecule is NC(=O)C1Cc2ccccc2CN1C(=O)CC1Sc2ccc(C(F)(F)F)cc2NC1=O.